The van der Waals surface area contributed by atoms with E-state index in [4.69, 9.17) is 22.4 Å². The second-order valence-electron chi connectivity index (χ2n) is 4.88. The molecule has 0 aliphatic carbocycles. The monoisotopic (exact) mass is 299 g/mol. The molecular weight excluding hydrogens is 278 g/mol. The largest absolute Gasteiger partial charge is 0.397 e. The maximum atomic E-state index is 11.9. The lowest BCUT2D eigenvalue weighted by atomic mass is 10.2. The van der Waals surface area contributed by atoms with E-state index in [0.717, 1.165) is 0 Å². The number of hydrogen-bond donors (Lipinski definition) is 3. The Labute approximate surface area is 124 Å². The van der Waals surface area contributed by atoms with Crippen molar-refractivity contribution in [1.29, 1.82) is 0 Å². The summed E-state index contributed by atoms with van der Waals surface area (Å²) in [5.41, 5.74) is 6.79. The third kappa shape index (κ3) is 5.36. The predicted molar refractivity (Wildman–Crippen MR) is 82.9 cm³/mol. The van der Waals surface area contributed by atoms with Gasteiger partial charge in [0.2, 0.25) is 5.91 Å². The number of benzene rings is 1. The van der Waals surface area contributed by atoms with Crippen molar-refractivity contribution in [3.05, 3.63) is 23.2 Å². The van der Waals surface area contributed by atoms with Gasteiger partial charge in [-0.05, 0) is 32.0 Å². The summed E-state index contributed by atoms with van der Waals surface area (Å²) in [7, 11) is 0. The van der Waals surface area contributed by atoms with Crippen molar-refractivity contribution >= 4 is 28.9 Å². The van der Waals surface area contributed by atoms with E-state index in [2.05, 4.69) is 5.32 Å². The average molecular weight is 300 g/mol. The summed E-state index contributed by atoms with van der Waals surface area (Å²) in [6, 6.07) is 5.24. The van der Waals surface area contributed by atoms with Crippen LogP contribution in [0.5, 0.6) is 0 Å². The molecule has 0 saturated carbocycles. The third-order valence-corrected chi connectivity index (χ3v) is 3.27. The Bertz CT molecular complexity index is 452. The van der Waals surface area contributed by atoms with Crippen molar-refractivity contribution in [2.24, 2.45) is 0 Å². The molecule has 112 valence electrons. The van der Waals surface area contributed by atoms with Crippen LogP contribution in [0.1, 0.15) is 20.3 Å². The molecule has 0 fully saturated rings. The second kappa shape index (κ2) is 8.09. The Hall–Kier alpha value is -1.30. The van der Waals surface area contributed by atoms with Crippen LogP contribution in [0.15, 0.2) is 18.2 Å². The lowest BCUT2D eigenvalue weighted by Gasteiger charge is -2.25. The molecule has 1 aromatic rings. The van der Waals surface area contributed by atoms with Gasteiger partial charge >= 0.3 is 0 Å². The fourth-order valence-corrected chi connectivity index (χ4v) is 2.02. The Kier molecular flexibility index (Phi) is 6.78. The molecule has 0 heterocycles. The molecule has 0 aromatic heterocycles. The Morgan fingerprint density at radius 1 is 1.45 bits per heavy atom. The summed E-state index contributed by atoms with van der Waals surface area (Å²) < 4.78 is 0. The van der Waals surface area contributed by atoms with Gasteiger partial charge in [-0.1, -0.05) is 11.6 Å². The Balaban J connectivity index is 2.53. The van der Waals surface area contributed by atoms with E-state index in [1.165, 1.54) is 0 Å². The standard InChI is InChI=1S/C14H22ClN3O2/c1-10(2)18(7-8-19)6-5-14(20)17-13-9-11(15)3-4-12(13)16/h3-4,9-10,19H,5-8,16H2,1-2H3,(H,17,20). The van der Waals surface area contributed by atoms with Gasteiger partial charge in [-0.25, -0.2) is 0 Å². The van der Waals surface area contributed by atoms with Gasteiger partial charge in [0.1, 0.15) is 0 Å². The number of nitrogens with two attached hydrogens (primary N) is 1. The number of halogens is 1. The maximum absolute atomic E-state index is 11.9. The zero-order valence-electron chi connectivity index (χ0n) is 11.9. The zero-order chi connectivity index (χ0) is 15.1. The SMILES string of the molecule is CC(C)N(CCO)CCC(=O)Nc1cc(Cl)ccc1N. The van der Waals surface area contributed by atoms with Gasteiger partial charge in [0, 0.05) is 30.6 Å². The van der Waals surface area contributed by atoms with E-state index in [-0.39, 0.29) is 18.6 Å². The molecular formula is C14H22ClN3O2. The summed E-state index contributed by atoms with van der Waals surface area (Å²) in [5, 5.41) is 12.3. The summed E-state index contributed by atoms with van der Waals surface area (Å²) in [5.74, 6) is -0.123. The molecule has 1 rings (SSSR count). The minimum absolute atomic E-state index is 0.0844. The minimum Gasteiger partial charge on any atom is -0.397 e. The summed E-state index contributed by atoms with van der Waals surface area (Å²) in [6.07, 6.45) is 0.337. The fourth-order valence-electron chi connectivity index (χ4n) is 1.85. The molecule has 0 unspecified atom stereocenters. The fraction of sp³-hybridized carbons (Fsp3) is 0.500. The molecule has 1 aromatic carbocycles. The number of anilines is 2. The number of nitrogens with zero attached hydrogens (tertiary/aromatic N) is 1. The quantitative estimate of drug-likeness (QED) is 0.673. The van der Waals surface area contributed by atoms with Gasteiger partial charge in [0.15, 0.2) is 0 Å². The lowest BCUT2D eigenvalue weighted by Crippen LogP contribution is -2.35. The number of hydrogen-bond acceptors (Lipinski definition) is 4. The highest BCUT2D eigenvalue weighted by Crippen LogP contribution is 2.22. The molecule has 4 N–H and O–H groups in total. The van der Waals surface area contributed by atoms with Crippen molar-refractivity contribution < 1.29 is 9.90 Å². The zero-order valence-corrected chi connectivity index (χ0v) is 12.7. The number of rotatable bonds is 7. The van der Waals surface area contributed by atoms with Gasteiger partial charge in [-0.3, -0.25) is 9.69 Å². The molecule has 5 nitrogen and oxygen atoms in total. The molecule has 0 atom stereocenters. The van der Waals surface area contributed by atoms with Crippen LogP contribution >= 0.6 is 11.6 Å². The molecule has 0 spiro atoms. The second-order valence-corrected chi connectivity index (χ2v) is 5.32. The highest BCUT2D eigenvalue weighted by molar-refractivity contribution is 6.31. The van der Waals surface area contributed by atoms with Gasteiger partial charge in [-0.15, -0.1) is 0 Å². The van der Waals surface area contributed by atoms with Gasteiger partial charge in [0.25, 0.3) is 0 Å². The van der Waals surface area contributed by atoms with Crippen molar-refractivity contribution in [1.82, 2.24) is 4.90 Å². The molecule has 20 heavy (non-hydrogen) atoms. The van der Waals surface area contributed by atoms with Crippen LogP contribution in [-0.4, -0.2) is 41.7 Å². The van der Waals surface area contributed by atoms with E-state index >= 15 is 0 Å². The first-order chi connectivity index (χ1) is 9.43. The molecule has 0 radical (unpaired) electrons. The number of aliphatic hydroxyl groups excluding tert-OH is 1. The number of carbonyl (C=O) groups excluding carboxylic acids is 1. The summed E-state index contributed by atoms with van der Waals surface area (Å²) >= 11 is 5.87. The van der Waals surface area contributed by atoms with E-state index in [1.807, 2.05) is 18.7 Å². The third-order valence-electron chi connectivity index (χ3n) is 3.03. The van der Waals surface area contributed by atoms with E-state index < -0.39 is 0 Å². The van der Waals surface area contributed by atoms with Gasteiger partial charge in [0.05, 0.1) is 18.0 Å². The smallest absolute Gasteiger partial charge is 0.225 e. The number of nitrogens with one attached hydrogen (secondary N) is 1. The van der Waals surface area contributed by atoms with Crippen LogP contribution in [0.25, 0.3) is 0 Å². The molecule has 0 aliphatic rings. The number of aliphatic hydroxyl groups is 1. The minimum atomic E-state index is -0.123. The van der Waals surface area contributed by atoms with E-state index in [0.29, 0.717) is 35.9 Å². The normalized spacial score (nSPS) is 11.1. The molecule has 0 bridgehead atoms. The first-order valence-electron chi connectivity index (χ1n) is 6.63. The topological polar surface area (TPSA) is 78.6 Å². The van der Waals surface area contributed by atoms with Crippen LogP contribution in [-0.2, 0) is 4.79 Å². The predicted octanol–water partition coefficient (Wildman–Crippen LogP) is 1.95. The van der Waals surface area contributed by atoms with Crippen molar-refractivity contribution in [2.45, 2.75) is 26.3 Å². The number of carbonyl (C=O) groups is 1. The van der Waals surface area contributed by atoms with Crippen LogP contribution in [0.4, 0.5) is 11.4 Å². The van der Waals surface area contributed by atoms with Crippen molar-refractivity contribution in [2.75, 3.05) is 30.7 Å². The molecule has 0 aliphatic heterocycles. The maximum Gasteiger partial charge on any atom is 0.225 e. The van der Waals surface area contributed by atoms with Gasteiger partial charge < -0.3 is 16.2 Å². The Morgan fingerprint density at radius 2 is 2.15 bits per heavy atom. The van der Waals surface area contributed by atoms with Crippen molar-refractivity contribution in [3.63, 3.8) is 0 Å². The van der Waals surface area contributed by atoms with E-state index in [9.17, 15) is 4.79 Å². The number of nitrogen functional groups attached to an aromatic ring is 1. The summed E-state index contributed by atoms with van der Waals surface area (Å²) in [4.78, 5) is 14.0. The Morgan fingerprint density at radius 3 is 2.75 bits per heavy atom. The van der Waals surface area contributed by atoms with Crippen LogP contribution in [0.3, 0.4) is 0 Å². The summed E-state index contributed by atoms with van der Waals surface area (Å²) in [6.45, 7) is 5.29. The molecule has 0 saturated heterocycles. The highest BCUT2D eigenvalue weighted by atomic mass is 35.5. The van der Waals surface area contributed by atoms with E-state index in [1.54, 1.807) is 18.2 Å². The number of amides is 1. The molecule has 6 heteroatoms. The highest BCUT2D eigenvalue weighted by Gasteiger charge is 2.12. The average Bonchev–Trinajstić information content (AvgIpc) is 2.38. The van der Waals surface area contributed by atoms with Crippen LogP contribution in [0.2, 0.25) is 5.02 Å². The first kappa shape index (κ1) is 16.8. The van der Waals surface area contributed by atoms with Crippen molar-refractivity contribution in [3.8, 4) is 0 Å². The first-order valence-corrected chi connectivity index (χ1v) is 7.01. The van der Waals surface area contributed by atoms with Crippen LogP contribution < -0.4 is 11.1 Å². The van der Waals surface area contributed by atoms with Crippen LogP contribution in [0, 0.1) is 0 Å². The van der Waals surface area contributed by atoms with Gasteiger partial charge in [-0.2, -0.15) is 0 Å². The molecule has 1 amide bonds. The lowest BCUT2D eigenvalue weighted by molar-refractivity contribution is -0.116.